The van der Waals surface area contributed by atoms with Crippen molar-refractivity contribution >= 4 is 5.97 Å². The molecule has 0 saturated carbocycles. The van der Waals surface area contributed by atoms with Crippen molar-refractivity contribution in [3.63, 3.8) is 0 Å². The first-order valence-electron chi connectivity index (χ1n) is 7.46. The lowest BCUT2D eigenvalue weighted by molar-refractivity contribution is -0.145. The van der Waals surface area contributed by atoms with Crippen molar-refractivity contribution in [2.75, 3.05) is 39.8 Å². The number of ether oxygens (including phenoxy) is 1. The Morgan fingerprint density at radius 3 is 2.95 bits per heavy atom. The highest BCUT2D eigenvalue weighted by molar-refractivity contribution is 5.75. The Morgan fingerprint density at radius 2 is 2.21 bits per heavy atom. The third-order valence-corrected chi connectivity index (χ3v) is 4.47. The van der Waals surface area contributed by atoms with Crippen LogP contribution in [0, 0.1) is 5.92 Å². The van der Waals surface area contributed by atoms with Crippen molar-refractivity contribution in [3.05, 3.63) is 0 Å². The van der Waals surface area contributed by atoms with E-state index in [4.69, 9.17) is 10.5 Å². The molecule has 2 N–H and O–H groups in total. The highest BCUT2D eigenvalue weighted by Gasteiger charge is 2.35. The van der Waals surface area contributed by atoms with Gasteiger partial charge in [-0.25, -0.2) is 0 Å². The fourth-order valence-corrected chi connectivity index (χ4v) is 3.50. The molecule has 5 nitrogen and oxygen atoms in total. The number of piperidine rings is 2. The van der Waals surface area contributed by atoms with Gasteiger partial charge in [0, 0.05) is 19.1 Å². The molecule has 110 valence electrons. The fourth-order valence-electron chi connectivity index (χ4n) is 3.50. The van der Waals surface area contributed by atoms with Crippen molar-refractivity contribution in [2.45, 2.75) is 38.3 Å². The van der Waals surface area contributed by atoms with Crippen LogP contribution in [0.5, 0.6) is 0 Å². The number of fused-ring (bicyclic) bond motifs is 1. The highest BCUT2D eigenvalue weighted by atomic mass is 16.5. The predicted molar refractivity (Wildman–Crippen MR) is 74.8 cm³/mol. The molecule has 0 amide bonds. The van der Waals surface area contributed by atoms with Crippen molar-refractivity contribution in [1.29, 1.82) is 0 Å². The number of nitrogens with zero attached hydrogens (tertiary/aromatic N) is 2. The number of hydrogen-bond acceptors (Lipinski definition) is 5. The number of likely N-dealkylation sites (tertiary alicyclic amines) is 2. The Morgan fingerprint density at radius 1 is 1.42 bits per heavy atom. The summed E-state index contributed by atoms with van der Waals surface area (Å²) < 4.78 is 4.97. The van der Waals surface area contributed by atoms with Crippen LogP contribution in [0.2, 0.25) is 0 Å². The maximum Gasteiger partial charge on any atom is 0.324 e. The maximum absolute atomic E-state index is 11.6. The number of carbonyl (C=O) groups excluding carboxylic acids is 1. The van der Waals surface area contributed by atoms with Crippen LogP contribution in [-0.4, -0.2) is 67.7 Å². The monoisotopic (exact) mass is 269 g/mol. The normalized spacial score (nSPS) is 30.7. The Kier molecular flexibility index (Phi) is 5.19. The topological polar surface area (TPSA) is 58.8 Å². The molecule has 0 aromatic rings. The van der Waals surface area contributed by atoms with Crippen molar-refractivity contribution in [3.8, 4) is 0 Å². The Balaban J connectivity index is 1.82. The summed E-state index contributed by atoms with van der Waals surface area (Å²) in [7, 11) is 2.23. The van der Waals surface area contributed by atoms with Gasteiger partial charge >= 0.3 is 5.97 Å². The lowest BCUT2D eigenvalue weighted by atomic mass is 9.84. The summed E-state index contributed by atoms with van der Waals surface area (Å²) in [5.41, 5.74) is 5.90. The van der Waals surface area contributed by atoms with Gasteiger partial charge in [0.1, 0.15) is 6.04 Å². The number of carbonyl (C=O) groups is 1. The van der Waals surface area contributed by atoms with Crippen LogP contribution in [0.3, 0.4) is 0 Å². The summed E-state index contributed by atoms with van der Waals surface area (Å²) in [4.78, 5) is 16.4. The quantitative estimate of drug-likeness (QED) is 0.744. The van der Waals surface area contributed by atoms with E-state index in [2.05, 4.69) is 16.8 Å². The Labute approximate surface area is 116 Å². The predicted octanol–water partition coefficient (Wildman–Crippen LogP) is 0.293. The van der Waals surface area contributed by atoms with Crippen molar-refractivity contribution in [2.24, 2.45) is 11.7 Å². The van der Waals surface area contributed by atoms with E-state index in [1.165, 1.54) is 25.8 Å². The van der Waals surface area contributed by atoms with Crippen LogP contribution in [0.4, 0.5) is 0 Å². The number of nitrogens with two attached hydrogens (primary N) is 1. The van der Waals surface area contributed by atoms with Crippen LogP contribution < -0.4 is 5.73 Å². The zero-order valence-electron chi connectivity index (χ0n) is 12.2. The molecule has 0 bridgehead atoms. The third kappa shape index (κ3) is 3.68. The minimum absolute atomic E-state index is 0.273. The number of esters is 1. The van der Waals surface area contributed by atoms with E-state index in [0.717, 1.165) is 25.0 Å². The molecule has 0 aromatic carbocycles. The second kappa shape index (κ2) is 6.68. The van der Waals surface area contributed by atoms with Crippen LogP contribution in [0.25, 0.3) is 0 Å². The second-order valence-corrected chi connectivity index (χ2v) is 5.86. The third-order valence-electron chi connectivity index (χ3n) is 4.47. The fraction of sp³-hybridized carbons (Fsp3) is 0.929. The van der Waals surface area contributed by atoms with Gasteiger partial charge in [-0.2, -0.15) is 0 Å². The largest absolute Gasteiger partial charge is 0.465 e. The number of hydrogen-bond donors (Lipinski definition) is 1. The first-order chi connectivity index (χ1) is 9.11. The molecule has 3 atom stereocenters. The van der Waals surface area contributed by atoms with Gasteiger partial charge in [-0.15, -0.1) is 0 Å². The molecule has 0 aromatic heterocycles. The molecule has 2 fully saturated rings. The summed E-state index contributed by atoms with van der Waals surface area (Å²) >= 11 is 0. The molecule has 3 unspecified atom stereocenters. The molecule has 2 aliphatic heterocycles. The smallest absolute Gasteiger partial charge is 0.324 e. The summed E-state index contributed by atoms with van der Waals surface area (Å²) in [5, 5.41) is 0. The first-order valence-corrected chi connectivity index (χ1v) is 7.46. The van der Waals surface area contributed by atoms with Crippen LogP contribution in [-0.2, 0) is 9.53 Å². The SMILES string of the molecule is CCOC(=O)C(N)CN1CCC2C(CCCN2C)C1. The van der Waals surface area contributed by atoms with Gasteiger partial charge < -0.3 is 20.3 Å². The molecule has 19 heavy (non-hydrogen) atoms. The molecule has 0 spiro atoms. The van der Waals surface area contributed by atoms with Gasteiger partial charge in [0.15, 0.2) is 0 Å². The molecule has 0 radical (unpaired) electrons. The summed E-state index contributed by atoms with van der Waals surface area (Å²) in [6.07, 6.45) is 3.78. The van der Waals surface area contributed by atoms with Crippen molar-refractivity contribution < 1.29 is 9.53 Å². The minimum atomic E-state index is -0.502. The lowest BCUT2D eigenvalue weighted by Crippen LogP contribution is -2.55. The standard InChI is InChI=1S/C14H27N3O2/c1-3-19-14(18)12(15)10-17-8-6-13-11(9-17)5-4-7-16(13)2/h11-13H,3-10,15H2,1-2H3. The van der Waals surface area contributed by atoms with Gasteiger partial charge in [-0.1, -0.05) is 0 Å². The Bertz CT molecular complexity index is 311. The molecule has 2 aliphatic rings. The van der Waals surface area contributed by atoms with E-state index < -0.39 is 6.04 Å². The summed E-state index contributed by atoms with van der Waals surface area (Å²) in [6, 6.07) is 0.224. The molecule has 0 aliphatic carbocycles. The van der Waals surface area contributed by atoms with E-state index in [0.29, 0.717) is 13.2 Å². The first kappa shape index (κ1) is 14.8. The summed E-state index contributed by atoms with van der Waals surface area (Å²) in [6.45, 7) is 6.19. The van der Waals surface area contributed by atoms with E-state index in [1.54, 1.807) is 0 Å². The average molecular weight is 269 g/mol. The summed E-state index contributed by atoms with van der Waals surface area (Å²) in [5.74, 6) is 0.465. The maximum atomic E-state index is 11.6. The van der Waals surface area contributed by atoms with Gasteiger partial charge in [-0.05, 0) is 52.2 Å². The van der Waals surface area contributed by atoms with E-state index in [9.17, 15) is 4.79 Å². The Hall–Kier alpha value is -0.650. The zero-order valence-corrected chi connectivity index (χ0v) is 12.2. The number of rotatable bonds is 4. The minimum Gasteiger partial charge on any atom is -0.465 e. The van der Waals surface area contributed by atoms with E-state index >= 15 is 0 Å². The second-order valence-electron chi connectivity index (χ2n) is 5.86. The average Bonchev–Trinajstić information content (AvgIpc) is 2.39. The molecule has 2 saturated heterocycles. The van der Waals surface area contributed by atoms with Crippen molar-refractivity contribution in [1.82, 2.24) is 9.80 Å². The molecule has 2 rings (SSSR count). The lowest BCUT2D eigenvalue weighted by Gasteiger charge is -2.46. The van der Waals surface area contributed by atoms with Gasteiger partial charge in [-0.3, -0.25) is 4.79 Å². The molecular formula is C14H27N3O2. The molecule has 5 heteroatoms. The van der Waals surface area contributed by atoms with Crippen LogP contribution in [0.1, 0.15) is 26.2 Å². The van der Waals surface area contributed by atoms with E-state index in [-0.39, 0.29) is 5.97 Å². The van der Waals surface area contributed by atoms with Crippen LogP contribution >= 0.6 is 0 Å². The zero-order chi connectivity index (χ0) is 13.8. The van der Waals surface area contributed by atoms with Gasteiger partial charge in [0.05, 0.1) is 6.61 Å². The molecular weight excluding hydrogens is 242 g/mol. The van der Waals surface area contributed by atoms with Crippen LogP contribution in [0.15, 0.2) is 0 Å². The van der Waals surface area contributed by atoms with E-state index in [1.807, 2.05) is 6.92 Å². The van der Waals surface area contributed by atoms with Gasteiger partial charge in [0.25, 0.3) is 0 Å². The molecule has 2 heterocycles. The highest BCUT2D eigenvalue weighted by Crippen LogP contribution is 2.29. The van der Waals surface area contributed by atoms with Gasteiger partial charge in [0.2, 0.25) is 0 Å².